The number of aliphatic hydroxyl groups is 1. The molecule has 4 aromatic heterocycles. The fraction of sp³-hybridized carbons (Fsp3) is 0.222. The predicted octanol–water partition coefficient (Wildman–Crippen LogP) is 5.97. The van der Waals surface area contributed by atoms with Crippen molar-refractivity contribution in [3.63, 3.8) is 0 Å². The first kappa shape index (κ1) is 28.6. The lowest BCUT2D eigenvalue weighted by atomic mass is 9.91. The molecule has 0 spiro atoms. The molecule has 224 valence electrons. The quantitative estimate of drug-likeness (QED) is 0.205. The molecule has 1 saturated heterocycles. The van der Waals surface area contributed by atoms with Crippen LogP contribution in [0.15, 0.2) is 79.5 Å². The van der Waals surface area contributed by atoms with E-state index in [0.717, 1.165) is 81.5 Å². The summed E-state index contributed by atoms with van der Waals surface area (Å²) < 4.78 is 0. The number of nitrogens with one attached hydrogen (secondary N) is 1. The van der Waals surface area contributed by atoms with E-state index in [-0.39, 0.29) is 6.10 Å². The second-order valence-electron chi connectivity index (χ2n) is 11.7. The largest absolute Gasteiger partial charge is 0.392 e. The summed E-state index contributed by atoms with van der Waals surface area (Å²) in [5.41, 5.74) is 11.3. The molecule has 1 atom stereocenters. The summed E-state index contributed by atoms with van der Waals surface area (Å²) in [7, 11) is 0. The van der Waals surface area contributed by atoms with Crippen molar-refractivity contribution in [1.82, 2.24) is 29.8 Å². The maximum absolute atomic E-state index is 11.2. The van der Waals surface area contributed by atoms with E-state index in [0.29, 0.717) is 35.4 Å². The van der Waals surface area contributed by atoms with Gasteiger partial charge in [0.2, 0.25) is 0 Å². The van der Waals surface area contributed by atoms with Crippen molar-refractivity contribution in [3.05, 3.63) is 113 Å². The highest BCUT2D eigenvalue weighted by Crippen LogP contribution is 2.35. The molecule has 0 radical (unpaired) electrons. The summed E-state index contributed by atoms with van der Waals surface area (Å²) in [6.45, 7) is 6.64. The van der Waals surface area contributed by atoms with Crippen LogP contribution in [0.25, 0.3) is 33.1 Å². The van der Waals surface area contributed by atoms with Crippen molar-refractivity contribution in [1.29, 1.82) is 0 Å². The molecule has 2 aromatic carbocycles. The lowest BCUT2D eigenvalue weighted by molar-refractivity contribution is 0.112. The molecule has 9 heteroatoms. The van der Waals surface area contributed by atoms with Crippen molar-refractivity contribution >= 4 is 39.7 Å². The van der Waals surface area contributed by atoms with Crippen molar-refractivity contribution in [2.24, 2.45) is 0 Å². The van der Waals surface area contributed by atoms with Crippen LogP contribution >= 0.6 is 0 Å². The number of nitrogens with zero attached hydrogens (tertiary/aromatic N) is 6. The molecule has 0 bridgehead atoms. The smallest absolute Gasteiger partial charge is 0.156 e. The summed E-state index contributed by atoms with van der Waals surface area (Å²) in [6.07, 6.45) is 8.77. The number of aromatic nitrogens is 5. The Bertz CT molecular complexity index is 2060. The number of hydrogen-bond donors (Lipinski definition) is 2. The first-order chi connectivity index (χ1) is 22.0. The van der Waals surface area contributed by atoms with E-state index < -0.39 is 0 Å². The fourth-order valence-electron chi connectivity index (χ4n) is 6.24. The van der Waals surface area contributed by atoms with Crippen molar-refractivity contribution < 1.29 is 9.90 Å². The van der Waals surface area contributed by atoms with E-state index >= 15 is 0 Å². The number of anilines is 2. The van der Waals surface area contributed by atoms with Crippen LogP contribution in [0.3, 0.4) is 0 Å². The third-order valence-electron chi connectivity index (χ3n) is 8.70. The van der Waals surface area contributed by atoms with E-state index in [4.69, 9.17) is 4.98 Å². The van der Waals surface area contributed by atoms with Gasteiger partial charge in [-0.1, -0.05) is 30.3 Å². The zero-order chi connectivity index (χ0) is 30.9. The maximum Gasteiger partial charge on any atom is 0.156 e. The first-order valence-electron chi connectivity index (χ1n) is 15.1. The van der Waals surface area contributed by atoms with Gasteiger partial charge in [0.1, 0.15) is 17.4 Å². The first-order valence-corrected chi connectivity index (χ1v) is 15.1. The maximum atomic E-state index is 11.2. The molecule has 0 saturated carbocycles. The molecule has 0 amide bonds. The van der Waals surface area contributed by atoms with E-state index in [2.05, 4.69) is 86.5 Å². The molecule has 9 nitrogen and oxygen atoms in total. The van der Waals surface area contributed by atoms with Gasteiger partial charge in [0, 0.05) is 61.3 Å². The minimum atomic E-state index is -0.237. The van der Waals surface area contributed by atoms with Gasteiger partial charge in [0.25, 0.3) is 0 Å². The Balaban J connectivity index is 1.17. The predicted molar refractivity (Wildman–Crippen MR) is 176 cm³/mol. The number of hydrogen-bond acceptors (Lipinski definition) is 9. The van der Waals surface area contributed by atoms with Gasteiger partial charge in [0.15, 0.2) is 12.1 Å². The molecular formula is C36H33N7O2. The summed E-state index contributed by atoms with van der Waals surface area (Å²) in [5, 5.41) is 14.5. The standard InChI is InChI=1S/C36H33N7O2/c1-22-26(15-33-35-32(40-21-41-33)14-25(20-44)17-39-35)5-3-6-29(22)30-7-4-8-31(23(30)2)42-36-34-27(9-11-37-36)13-24(16-38-34)18-43-12-10-28(45)19-43/h3-9,11,13-14,16-17,20-21,28,45H,10,12,15,18-19H2,1-2H3,(H,37,42)/t28-/m1/s1. The average Bonchev–Trinajstić information content (AvgIpc) is 3.47. The van der Waals surface area contributed by atoms with Gasteiger partial charge in [-0.25, -0.2) is 15.0 Å². The molecule has 45 heavy (non-hydrogen) atoms. The van der Waals surface area contributed by atoms with Crippen LogP contribution < -0.4 is 5.32 Å². The van der Waals surface area contributed by atoms with Gasteiger partial charge in [-0.3, -0.25) is 19.7 Å². The number of carbonyl (C=O) groups excluding carboxylic acids is 1. The highest BCUT2D eigenvalue weighted by molar-refractivity contribution is 5.91. The summed E-state index contributed by atoms with van der Waals surface area (Å²) in [5.74, 6) is 0.710. The highest BCUT2D eigenvalue weighted by atomic mass is 16.3. The Hall–Kier alpha value is -5.12. The number of pyridine rings is 3. The second kappa shape index (κ2) is 12.1. The van der Waals surface area contributed by atoms with Crippen LogP contribution in [0.4, 0.5) is 11.5 Å². The molecule has 0 unspecified atom stereocenters. The van der Waals surface area contributed by atoms with Gasteiger partial charge in [-0.2, -0.15) is 0 Å². The number of benzene rings is 2. The van der Waals surface area contributed by atoms with Crippen LogP contribution in [0.1, 0.15) is 44.7 Å². The normalized spacial score (nSPS) is 15.1. The summed E-state index contributed by atoms with van der Waals surface area (Å²) in [6, 6.07) is 18.5. The number of rotatable bonds is 8. The Labute approximate surface area is 261 Å². The minimum Gasteiger partial charge on any atom is -0.392 e. The van der Waals surface area contributed by atoms with Crippen LogP contribution in [0.5, 0.6) is 0 Å². The third kappa shape index (κ3) is 5.75. The van der Waals surface area contributed by atoms with E-state index in [9.17, 15) is 9.90 Å². The van der Waals surface area contributed by atoms with Gasteiger partial charge < -0.3 is 10.4 Å². The third-order valence-corrected chi connectivity index (χ3v) is 8.70. The average molecular weight is 596 g/mol. The molecule has 1 aliphatic rings. The molecule has 7 rings (SSSR count). The van der Waals surface area contributed by atoms with Crippen molar-refractivity contribution in [3.8, 4) is 11.1 Å². The molecule has 2 N–H and O–H groups in total. The SMILES string of the molecule is Cc1c(Cc2ncnc3cc(C=O)cnc23)cccc1-c1cccc(Nc2nccc3cc(CN4CC[C@@H](O)C4)cnc23)c1C. The van der Waals surface area contributed by atoms with Crippen molar-refractivity contribution in [2.45, 2.75) is 39.3 Å². The Kier molecular flexibility index (Phi) is 7.71. The second-order valence-corrected chi connectivity index (χ2v) is 11.7. The highest BCUT2D eigenvalue weighted by Gasteiger charge is 2.20. The summed E-state index contributed by atoms with van der Waals surface area (Å²) >= 11 is 0. The van der Waals surface area contributed by atoms with Gasteiger partial charge in [-0.05, 0) is 77.9 Å². The zero-order valence-electron chi connectivity index (χ0n) is 25.2. The number of aldehydes is 1. The zero-order valence-corrected chi connectivity index (χ0v) is 25.2. The topological polar surface area (TPSA) is 117 Å². The molecule has 6 aromatic rings. The minimum absolute atomic E-state index is 0.237. The molecule has 5 heterocycles. The molecule has 1 aliphatic heterocycles. The fourth-order valence-corrected chi connectivity index (χ4v) is 6.24. The van der Waals surface area contributed by atoms with Crippen molar-refractivity contribution in [2.75, 3.05) is 18.4 Å². The van der Waals surface area contributed by atoms with Gasteiger partial charge in [-0.15, -0.1) is 0 Å². The lowest BCUT2D eigenvalue weighted by Gasteiger charge is -2.18. The van der Waals surface area contributed by atoms with Gasteiger partial charge in [0.05, 0.1) is 17.3 Å². The Morgan fingerprint density at radius 2 is 1.76 bits per heavy atom. The number of aliphatic hydroxyl groups excluding tert-OH is 1. The van der Waals surface area contributed by atoms with E-state index in [1.165, 1.54) is 6.33 Å². The molecule has 0 aliphatic carbocycles. The van der Waals surface area contributed by atoms with E-state index in [1.807, 2.05) is 18.5 Å². The van der Waals surface area contributed by atoms with Crippen LogP contribution in [-0.4, -0.2) is 60.4 Å². The number of β-amino-alcohol motifs (C(OH)–C–C–N with tert-alkyl or cyclic N) is 1. The monoisotopic (exact) mass is 595 g/mol. The van der Waals surface area contributed by atoms with E-state index in [1.54, 1.807) is 12.3 Å². The molecular weight excluding hydrogens is 562 g/mol. The van der Waals surface area contributed by atoms with Gasteiger partial charge >= 0.3 is 0 Å². The number of carbonyl (C=O) groups is 1. The Morgan fingerprint density at radius 1 is 0.933 bits per heavy atom. The lowest BCUT2D eigenvalue weighted by Crippen LogP contribution is -2.21. The van der Waals surface area contributed by atoms with Crippen LogP contribution in [0.2, 0.25) is 0 Å². The van der Waals surface area contributed by atoms with Crippen LogP contribution in [0, 0.1) is 13.8 Å². The van der Waals surface area contributed by atoms with Crippen LogP contribution in [-0.2, 0) is 13.0 Å². The number of fused-ring (bicyclic) bond motifs is 2. The molecule has 1 fully saturated rings. The Morgan fingerprint density at radius 3 is 2.58 bits per heavy atom. The summed E-state index contributed by atoms with van der Waals surface area (Å²) in [4.78, 5) is 36.3. The number of likely N-dealkylation sites (tertiary alicyclic amines) is 1.